The number of benzene rings is 3. The van der Waals surface area contributed by atoms with E-state index in [9.17, 15) is 19.2 Å². The number of rotatable bonds is 11. The van der Waals surface area contributed by atoms with Crippen LogP contribution in [0.15, 0.2) is 79.3 Å². The third kappa shape index (κ3) is 9.43. The molecule has 1 spiro atoms. The summed E-state index contributed by atoms with van der Waals surface area (Å²) in [5, 5.41) is 11.6. The van der Waals surface area contributed by atoms with Crippen LogP contribution >= 0.6 is 0 Å². The number of pyridine rings is 1. The molecule has 16 nitrogen and oxygen atoms in total. The third-order valence-corrected chi connectivity index (χ3v) is 19.8. The number of para-hydroxylation sites is 1. The second-order valence-electron chi connectivity index (χ2n) is 25.0. The first-order valence-electron chi connectivity index (χ1n) is 29.7. The second kappa shape index (κ2) is 20.8. The number of imide groups is 1. The highest BCUT2D eigenvalue weighted by Gasteiger charge is 2.57. The van der Waals surface area contributed by atoms with Gasteiger partial charge in [0.05, 0.1) is 40.1 Å². The Hall–Kier alpha value is -7.01. The van der Waals surface area contributed by atoms with Gasteiger partial charge in [0.15, 0.2) is 5.82 Å². The van der Waals surface area contributed by atoms with Crippen molar-refractivity contribution in [2.24, 2.45) is 17.3 Å². The highest BCUT2D eigenvalue weighted by atomic mass is 19.1. The van der Waals surface area contributed by atoms with Gasteiger partial charge in [-0.1, -0.05) is 43.7 Å². The number of halogens is 1. The van der Waals surface area contributed by atoms with Gasteiger partial charge < -0.3 is 29.5 Å². The predicted octanol–water partition coefficient (Wildman–Crippen LogP) is 9.79. The molecule has 2 aliphatic carbocycles. The molecule has 0 bridgehead atoms. The van der Waals surface area contributed by atoms with E-state index in [2.05, 4.69) is 59.4 Å². The number of hydrogen-bond donors (Lipinski definition) is 2. The zero-order valence-electron chi connectivity index (χ0n) is 46.5. The van der Waals surface area contributed by atoms with Gasteiger partial charge in [0.25, 0.3) is 0 Å². The fourth-order valence-corrected chi connectivity index (χ4v) is 14.8. The maximum absolute atomic E-state index is 15.4. The Bertz CT molecular complexity index is 3410. The molecule has 2 N–H and O–H groups in total. The van der Waals surface area contributed by atoms with Crippen molar-refractivity contribution in [3.8, 4) is 11.3 Å². The first-order chi connectivity index (χ1) is 38.7. The molecule has 5 amide bonds. The van der Waals surface area contributed by atoms with Gasteiger partial charge in [0.1, 0.15) is 11.3 Å². The van der Waals surface area contributed by atoms with Crippen molar-refractivity contribution in [2.75, 3.05) is 49.5 Å². The van der Waals surface area contributed by atoms with Crippen LogP contribution in [0.25, 0.3) is 33.2 Å². The molecular formula is C63H74FN11O5. The average molecular weight is 1080 g/mol. The molecule has 4 saturated heterocycles. The Balaban J connectivity index is 0.666. The summed E-state index contributed by atoms with van der Waals surface area (Å²) in [4.78, 5) is 87.1. The van der Waals surface area contributed by atoms with Crippen molar-refractivity contribution in [3.63, 3.8) is 0 Å². The third-order valence-electron chi connectivity index (χ3n) is 19.8. The topological polar surface area (TPSA) is 171 Å². The number of nitrogens with one attached hydrogen (secondary N) is 2. The summed E-state index contributed by atoms with van der Waals surface area (Å²) in [6, 6.07) is 21.5. The number of imidazole rings is 1. The Labute approximate surface area is 466 Å². The maximum Gasteiger partial charge on any atom is 0.238 e. The van der Waals surface area contributed by atoms with Gasteiger partial charge in [-0.15, -0.1) is 0 Å². The van der Waals surface area contributed by atoms with Crippen LogP contribution in [-0.2, 0) is 35.9 Å². The molecule has 13 rings (SSSR count). The summed E-state index contributed by atoms with van der Waals surface area (Å²) in [6.45, 7) is 11.3. The monoisotopic (exact) mass is 1080 g/mol. The minimum absolute atomic E-state index is 0.0232. The van der Waals surface area contributed by atoms with Crippen molar-refractivity contribution >= 4 is 68.7 Å². The normalized spacial score (nSPS) is 25.1. The molecule has 7 aliphatic rings. The van der Waals surface area contributed by atoms with Crippen LogP contribution < -0.4 is 15.5 Å². The zero-order valence-corrected chi connectivity index (χ0v) is 46.5. The van der Waals surface area contributed by atoms with Crippen LogP contribution in [0.5, 0.6) is 0 Å². The number of piperidine rings is 4. The van der Waals surface area contributed by atoms with E-state index in [0.29, 0.717) is 93.9 Å². The van der Waals surface area contributed by atoms with E-state index in [1.807, 2.05) is 55.8 Å². The number of fused-ring (bicyclic) bond motifs is 4. The Morgan fingerprint density at radius 3 is 2.30 bits per heavy atom. The zero-order chi connectivity index (χ0) is 55.0. The molecule has 418 valence electrons. The number of aromatic nitrogens is 5. The standard InChI is InChI=1S/C63H74FN11O5/c1-39(2)74-38-65-53-35-52(67-57(56(53)74)66-51-10-6-5-9-49(51)64)43-15-18-48-54(32-43)75(46-33-45(34-46)70-25-7-4-8-26-70)61(80)63(48)23-29-72(30-24-63)60(79)62(3)21-27-71(28-22-62)59(78)41-13-11-40(12-14-41)36-73-37-44-31-42(16-19-50(44)69-73)47-17-20-55(76)68-58(47)77/h5-6,9-10,15-16,18-19,31-32,35,37-41,45-47H,4,7-8,11-14,17,20-30,33-34,36H2,1-3H3,(H,66,67)(H,68,76,77). The summed E-state index contributed by atoms with van der Waals surface area (Å²) in [6.07, 6.45) is 16.2. The highest BCUT2D eigenvalue weighted by molar-refractivity contribution is 6.10. The molecular weight excluding hydrogens is 1010 g/mol. The van der Waals surface area contributed by atoms with Crippen molar-refractivity contribution < 1.29 is 28.4 Å². The molecule has 8 heterocycles. The average Bonchev–Trinajstić information content (AvgIpc) is 4.35. The maximum atomic E-state index is 15.4. The van der Waals surface area contributed by atoms with E-state index >= 15 is 9.18 Å². The lowest BCUT2D eigenvalue weighted by molar-refractivity contribution is -0.150. The molecule has 80 heavy (non-hydrogen) atoms. The highest BCUT2D eigenvalue weighted by Crippen LogP contribution is 2.53. The summed E-state index contributed by atoms with van der Waals surface area (Å²) < 4.78 is 19.2. The van der Waals surface area contributed by atoms with E-state index in [1.54, 1.807) is 18.2 Å². The lowest BCUT2D eigenvalue weighted by Gasteiger charge is -2.48. The smallest absolute Gasteiger partial charge is 0.238 e. The number of carbonyl (C=O) groups is 5. The molecule has 6 fully saturated rings. The largest absolute Gasteiger partial charge is 0.342 e. The first kappa shape index (κ1) is 52.4. The molecule has 0 radical (unpaired) electrons. The minimum Gasteiger partial charge on any atom is -0.342 e. The van der Waals surface area contributed by atoms with Crippen LogP contribution in [0.1, 0.15) is 140 Å². The molecule has 17 heteroatoms. The van der Waals surface area contributed by atoms with Gasteiger partial charge in [-0.05, 0) is 164 Å². The number of nitrogens with zero attached hydrogens (tertiary/aromatic N) is 9. The summed E-state index contributed by atoms with van der Waals surface area (Å²) in [5.74, 6) is 0.198. The van der Waals surface area contributed by atoms with Crippen LogP contribution in [-0.4, -0.2) is 120 Å². The summed E-state index contributed by atoms with van der Waals surface area (Å²) >= 11 is 0. The van der Waals surface area contributed by atoms with E-state index < -0.39 is 10.8 Å². The lowest BCUT2D eigenvalue weighted by Crippen LogP contribution is -2.59. The molecule has 1 atom stereocenters. The fourth-order valence-electron chi connectivity index (χ4n) is 14.8. The summed E-state index contributed by atoms with van der Waals surface area (Å²) in [7, 11) is 0. The van der Waals surface area contributed by atoms with Gasteiger partial charge in [0.2, 0.25) is 29.5 Å². The molecule has 1 unspecified atom stereocenters. The number of amides is 5. The van der Waals surface area contributed by atoms with Gasteiger partial charge >= 0.3 is 0 Å². The molecule has 5 aliphatic heterocycles. The van der Waals surface area contributed by atoms with Crippen molar-refractivity contribution in [3.05, 3.63) is 96.2 Å². The number of hydrogen-bond acceptors (Lipinski definition) is 10. The number of carbonyl (C=O) groups excluding carboxylic acids is 5. The van der Waals surface area contributed by atoms with Crippen LogP contribution in [0.2, 0.25) is 0 Å². The number of likely N-dealkylation sites (tertiary alicyclic amines) is 3. The van der Waals surface area contributed by atoms with Gasteiger partial charge in [0, 0.05) is 91.4 Å². The predicted molar refractivity (Wildman–Crippen MR) is 304 cm³/mol. The molecule has 6 aromatic rings. The van der Waals surface area contributed by atoms with Gasteiger partial charge in [-0.2, -0.15) is 5.10 Å². The molecule has 2 saturated carbocycles. The quantitative estimate of drug-likeness (QED) is 0.119. The fraction of sp³-hybridized carbons (Fsp3) is 0.524. The summed E-state index contributed by atoms with van der Waals surface area (Å²) in [5.41, 5.74) is 5.76. The van der Waals surface area contributed by atoms with Crippen molar-refractivity contribution in [1.82, 2.24) is 44.3 Å². The molecule has 3 aromatic carbocycles. The van der Waals surface area contributed by atoms with Crippen molar-refractivity contribution in [1.29, 1.82) is 0 Å². The lowest BCUT2D eigenvalue weighted by atomic mass is 9.72. The van der Waals surface area contributed by atoms with Crippen LogP contribution in [0.4, 0.5) is 21.6 Å². The van der Waals surface area contributed by atoms with Crippen molar-refractivity contribution in [2.45, 2.75) is 153 Å². The van der Waals surface area contributed by atoms with E-state index in [0.717, 1.165) is 102 Å². The van der Waals surface area contributed by atoms with Crippen LogP contribution in [0.3, 0.4) is 0 Å². The first-order valence-corrected chi connectivity index (χ1v) is 29.7. The van der Waals surface area contributed by atoms with E-state index in [-0.39, 0.29) is 59.3 Å². The Morgan fingerprint density at radius 2 is 1.56 bits per heavy atom. The SMILES string of the molecule is CC(C)n1cnc2cc(-c3ccc4c(c3)N(C3CC(N5CCCCC5)C3)C(=O)C43CCN(C(=O)C4(C)CCN(C(=O)C5CCC(Cn6cc7cc(C8CCC(=O)NC8=O)ccc7n6)CC5)CC4)CC3)nc(Nc3ccccc3F)c21. The van der Waals surface area contributed by atoms with Gasteiger partial charge in [-0.3, -0.25) is 34.0 Å². The Morgan fingerprint density at radius 1 is 0.812 bits per heavy atom. The second-order valence-corrected chi connectivity index (χ2v) is 25.0. The Kier molecular flexibility index (Phi) is 13.6. The number of anilines is 3. The van der Waals surface area contributed by atoms with Crippen LogP contribution in [0, 0.1) is 23.1 Å². The van der Waals surface area contributed by atoms with E-state index in [4.69, 9.17) is 15.1 Å². The molecule has 3 aromatic heterocycles. The minimum atomic E-state index is -0.753. The van der Waals surface area contributed by atoms with E-state index in [1.165, 1.54) is 25.3 Å². The van der Waals surface area contributed by atoms with Gasteiger partial charge in [-0.25, -0.2) is 14.4 Å².